The predicted octanol–water partition coefficient (Wildman–Crippen LogP) is 4.51. The second-order valence-electron chi connectivity index (χ2n) is 9.68. The van der Waals surface area contributed by atoms with Gasteiger partial charge in [0.05, 0.1) is 18.2 Å². The SMILES string of the molecule is COc1ccc(-c2ccc(CC(O)(C(=O)Nc3ccc4c(=O)onc(C)c4c3)C3CCOCC3)cc2)cc1. The molecule has 8 heteroatoms. The first-order valence-electron chi connectivity index (χ1n) is 12.6. The zero-order chi connectivity index (χ0) is 26.7. The van der Waals surface area contributed by atoms with Gasteiger partial charge in [0, 0.05) is 36.6 Å². The number of nitrogens with one attached hydrogen (secondary N) is 1. The normalized spacial score (nSPS) is 15.7. The van der Waals surface area contributed by atoms with Crippen molar-refractivity contribution in [2.45, 2.75) is 31.8 Å². The van der Waals surface area contributed by atoms with Crippen molar-refractivity contribution >= 4 is 22.4 Å². The largest absolute Gasteiger partial charge is 0.497 e. The van der Waals surface area contributed by atoms with Gasteiger partial charge in [-0.05, 0) is 66.8 Å². The lowest BCUT2D eigenvalue weighted by Crippen LogP contribution is -2.52. The van der Waals surface area contributed by atoms with Crippen molar-refractivity contribution in [3.8, 4) is 16.9 Å². The number of ether oxygens (including phenoxy) is 2. The minimum Gasteiger partial charge on any atom is -0.497 e. The highest BCUT2D eigenvalue weighted by atomic mass is 16.5. The Hall–Kier alpha value is -4.01. The fraction of sp³-hybridized carbons (Fsp3) is 0.300. The number of hydrogen-bond acceptors (Lipinski definition) is 7. The Balaban J connectivity index is 1.40. The molecule has 196 valence electrons. The average molecular weight is 515 g/mol. The number of aryl methyl sites for hydroxylation is 1. The van der Waals surface area contributed by atoms with E-state index in [0.29, 0.717) is 48.2 Å². The second-order valence-corrected chi connectivity index (χ2v) is 9.68. The smallest absolute Gasteiger partial charge is 0.366 e. The number of carbonyl (C=O) groups is 1. The zero-order valence-electron chi connectivity index (χ0n) is 21.4. The molecule has 0 radical (unpaired) electrons. The summed E-state index contributed by atoms with van der Waals surface area (Å²) in [6, 6.07) is 20.6. The number of nitrogens with zero attached hydrogens (tertiary/aromatic N) is 1. The van der Waals surface area contributed by atoms with E-state index in [2.05, 4.69) is 10.5 Å². The van der Waals surface area contributed by atoms with E-state index in [4.69, 9.17) is 14.0 Å². The van der Waals surface area contributed by atoms with Crippen LogP contribution in [0.15, 0.2) is 76.0 Å². The maximum atomic E-state index is 13.7. The second kappa shape index (κ2) is 10.8. The number of methoxy groups -OCH3 is 1. The number of anilines is 1. The Bertz CT molecular complexity index is 1490. The van der Waals surface area contributed by atoms with E-state index < -0.39 is 17.1 Å². The minimum atomic E-state index is -1.65. The number of carbonyl (C=O) groups excluding carboxylic acids is 1. The minimum absolute atomic E-state index is 0.157. The molecule has 1 aliphatic rings. The van der Waals surface area contributed by atoms with E-state index >= 15 is 0 Å². The molecule has 4 aromatic rings. The van der Waals surface area contributed by atoms with Gasteiger partial charge in [-0.3, -0.25) is 4.79 Å². The zero-order valence-corrected chi connectivity index (χ0v) is 21.4. The summed E-state index contributed by atoms with van der Waals surface area (Å²) < 4.78 is 15.5. The van der Waals surface area contributed by atoms with Crippen LogP contribution in [-0.2, 0) is 16.0 Å². The van der Waals surface area contributed by atoms with Gasteiger partial charge in [-0.2, -0.15) is 0 Å². The van der Waals surface area contributed by atoms with Gasteiger partial charge < -0.3 is 24.4 Å². The van der Waals surface area contributed by atoms with Crippen LogP contribution < -0.4 is 15.7 Å². The summed E-state index contributed by atoms with van der Waals surface area (Å²) in [5.41, 5.74) is 1.74. The molecule has 1 aliphatic heterocycles. The Morgan fingerprint density at radius 1 is 1.03 bits per heavy atom. The van der Waals surface area contributed by atoms with Crippen molar-refractivity contribution in [1.82, 2.24) is 5.16 Å². The lowest BCUT2D eigenvalue weighted by Gasteiger charge is -2.37. The number of rotatable bonds is 7. The maximum Gasteiger partial charge on any atom is 0.366 e. The molecule has 2 heterocycles. The van der Waals surface area contributed by atoms with E-state index in [1.807, 2.05) is 48.5 Å². The quantitative estimate of drug-likeness (QED) is 0.373. The summed E-state index contributed by atoms with van der Waals surface area (Å²) in [4.78, 5) is 25.7. The van der Waals surface area contributed by atoms with Gasteiger partial charge in [-0.25, -0.2) is 4.79 Å². The van der Waals surface area contributed by atoms with Crippen LogP contribution in [0.1, 0.15) is 24.1 Å². The van der Waals surface area contributed by atoms with Crippen LogP contribution in [0.3, 0.4) is 0 Å². The number of hydrogen-bond donors (Lipinski definition) is 2. The summed E-state index contributed by atoms with van der Waals surface area (Å²) in [5.74, 6) is 0.0317. The van der Waals surface area contributed by atoms with E-state index in [1.165, 1.54) is 0 Å². The molecular weight excluding hydrogens is 484 g/mol. The lowest BCUT2D eigenvalue weighted by atomic mass is 9.77. The van der Waals surface area contributed by atoms with Crippen molar-refractivity contribution in [3.05, 3.63) is 88.4 Å². The average Bonchev–Trinajstić information content (AvgIpc) is 2.96. The molecule has 3 aromatic carbocycles. The third kappa shape index (κ3) is 5.18. The summed E-state index contributed by atoms with van der Waals surface area (Å²) in [6.45, 7) is 2.71. The lowest BCUT2D eigenvalue weighted by molar-refractivity contribution is -0.144. The standard InChI is InChI=1S/C30H30N2O6/c1-19-27-17-24(9-12-26(27)28(33)38-32-19)31-29(34)30(35,23-13-15-37-16-14-23)18-20-3-5-21(6-4-20)22-7-10-25(36-2)11-8-22/h3-12,17,23,35H,13-16,18H2,1-2H3,(H,31,34). The van der Waals surface area contributed by atoms with Crippen LogP contribution >= 0.6 is 0 Å². The Labute approximate surface area is 220 Å². The molecule has 0 aliphatic carbocycles. The third-order valence-corrected chi connectivity index (χ3v) is 7.29. The topological polar surface area (TPSA) is 111 Å². The fourth-order valence-corrected chi connectivity index (χ4v) is 5.04. The molecule has 1 saturated heterocycles. The number of aromatic nitrogens is 1. The monoisotopic (exact) mass is 514 g/mol. The van der Waals surface area contributed by atoms with Gasteiger partial charge in [0.1, 0.15) is 11.4 Å². The number of fused-ring (bicyclic) bond motifs is 1. The molecule has 8 nitrogen and oxygen atoms in total. The molecule has 1 amide bonds. The molecule has 0 bridgehead atoms. The van der Waals surface area contributed by atoms with Crippen LogP contribution in [0, 0.1) is 12.8 Å². The van der Waals surface area contributed by atoms with Gasteiger partial charge in [0.2, 0.25) is 0 Å². The molecule has 1 fully saturated rings. The summed E-state index contributed by atoms with van der Waals surface area (Å²) in [6.07, 6.45) is 1.31. The van der Waals surface area contributed by atoms with Crippen LogP contribution in [0.25, 0.3) is 21.9 Å². The fourth-order valence-electron chi connectivity index (χ4n) is 5.04. The van der Waals surface area contributed by atoms with Gasteiger partial charge in [0.25, 0.3) is 5.91 Å². The molecule has 0 spiro atoms. The van der Waals surface area contributed by atoms with E-state index in [0.717, 1.165) is 22.4 Å². The van der Waals surface area contributed by atoms with E-state index in [-0.39, 0.29) is 12.3 Å². The molecule has 5 rings (SSSR count). The van der Waals surface area contributed by atoms with Gasteiger partial charge in [-0.15, -0.1) is 0 Å². The van der Waals surface area contributed by atoms with Gasteiger partial charge in [0.15, 0.2) is 0 Å². The third-order valence-electron chi connectivity index (χ3n) is 7.29. The molecule has 2 N–H and O–H groups in total. The van der Waals surface area contributed by atoms with E-state index in [1.54, 1.807) is 32.2 Å². The predicted molar refractivity (Wildman–Crippen MR) is 144 cm³/mol. The molecule has 1 atom stereocenters. The Morgan fingerprint density at radius 2 is 1.68 bits per heavy atom. The van der Waals surface area contributed by atoms with Crippen molar-refractivity contribution in [3.63, 3.8) is 0 Å². The Kier molecular flexibility index (Phi) is 7.26. The number of amides is 1. The van der Waals surface area contributed by atoms with Crippen LogP contribution in [0.2, 0.25) is 0 Å². The molecule has 1 aromatic heterocycles. The molecule has 38 heavy (non-hydrogen) atoms. The van der Waals surface area contributed by atoms with Crippen molar-refractivity contribution < 1.29 is 23.9 Å². The Morgan fingerprint density at radius 3 is 2.34 bits per heavy atom. The van der Waals surface area contributed by atoms with Crippen LogP contribution in [0.4, 0.5) is 5.69 Å². The van der Waals surface area contributed by atoms with Crippen LogP contribution in [-0.4, -0.2) is 42.1 Å². The highest BCUT2D eigenvalue weighted by Crippen LogP contribution is 2.33. The van der Waals surface area contributed by atoms with Gasteiger partial charge in [-0.1, -0.05) is 41.6 Å². The first kappa shape index (κ1) is 25.6. The first-order valence-corrected chi connectivity index (χ1v) is 12.6. The summed E-state index contributed by atoms with van der Waals surface area (Å²) in [5, 5.41) is 19.5. The van der Waals surface area contributed by atoms with Gasteiger partial charge >= 0.3 is 5.63 Å². The maximum absolute atomic E-state index is 13.7. The van der Waals surface area contributed by atoms with Crippen LogP contribution in [0.5, 0.6) is 5.75 Å². The van der Waals surface area contributed by atoms with Crippen molar-refractivity contribution in [2.24, 2.45) is 5.92 Å². The van der Waals surface area contributed by atoms with E-state index in [9.17, 15) is 14.7 Å². The number of benzene rings is 3. The molecule has 1 unspecified atom stereocenters. The molecular formula is C30H30N2O6. The summed E-state index contributed by atoms with van der Waals surface area (Å²) >= 11 is 0. The number of aliphatic hydroxyl groups is 1. The van der Waals surface area contributed by atoms with Crippen molar-refractivity contribution in [2.75, 3.05) is 25.6 Å². The first-order chi connectivity index (χ1) is 18.4. The summed E-state index contributed by atoms with van der Waals surface area (Å²) in [7, 11) is 1.64. The highest BCUT2D eigenvalue weighted by Gasteiger charge is 2.44. The molecule has 0 saturated carbocycles. The highest BCUT2D eigenvalue weighted by molar-refractivity contribution is 5.99. The van der Waals surface area contributed by atoms with Crippen molar-refractivity contribution in [1.29, 1.82) is 0 Å².